The van der Waals surface area contributed by atoms with Crippen LogP contribution < -0.4 is 19.5 Å². The average molecular weight is 468 g/mol. The maximum Gasteiger partial charge on any atom is 0.257 e. The molecule has 0 fully saturated rings. The molecule has 164 valence electrons. The van der Waals surface area contributed by atoms with Crippen LogP contribution in [0.2, 0.25) is 0 Å². The lowest BCUT2D eigenvalue weighted by molar-refractivity contribution is 0.102. The first-order valence-corrected chi connectivity index (χ1v) is 11.4. The molecule has 0 radical (unpaired) electrons. The summed E-state index contributed by atoms with van der Waals surface area (Å²) in [6, 6.07) is 12.6. The number of methoxy groups -OCH3 is 2. The van der Waals surface area contributed by atoms with E-state index in [0.717, 1.165) is 22.0 Å². The van der Waals surface area contributed by atoms with Gasteiger partial charge in [0.15, 0.2) is 16.6 Å². The summed E-state index contributed by atoms with van der Waals surface area (Å²) < 4.78 is 16.3. The second kappa shape index (κ2) is 9.80. The summed E-state index contributed by atoms with van der Waals surface area (Å²) in [5.74, 6) is 1.71. The number of nitrogens with zero attached hydrogens (tertiary/aromatic N) is 2. The van der Waals surface area contributed by atoms with Gasteiger partial charge < -0.3 is 14.2 Å². The fraction of sp³-hybridized carbons (Fsp3) is 0.174. The van der Waals surface area contributed by atoms with Crippen LogP contribution in [0.25, 0.3) is 11.3 Å². The number of carbonyl (C=O) groups excluding carboxylic acids is 1. The summed E-state index contributed by atoms with van der Waals surface area (Å²) in [5, 5.41) is 8.22. The Morgan fingerprint density at radius 1 is 0.969 bits per heavy atom. The van der Waals surface area contributed by atoms with Crippen LogP contribution in [-0.4, -0.2) is 30.1 Å². The molecule has 0 saturated carbocycles. The van der Waals surface area contributed by atoms with Crippen molar-refractivity contribution in [2.24, 2.45) is 0 Å². The molecule has 0 aliphatic heterocycles. The van der Waals surface area contributed by atoms with Crippen LogP contribution in [0.1, 0.15) is 21.1 Å². The number of benzene rings is 2. The zero-order valence-corrected chi connectivity index (χ0v) is 19.4. The Morgan fingerprint density at radius 3 is 2.44 bits per heavy atom. The lowest BCUT2D eigenvalue weighted by atomic mass is 10.1. The first-order valence-electron chi connectivity index (χ1n) is 9.69. The van der Waals surface area contributed by atoms with Crippen LogP contribution in [0.15, 0.2) is 53.2 Å². The largest absolute Gasteiger partial charge is 0.493 e. The van der Waals surface area contributed by atoms with Gasteiger partial charge in [-0.3, -0.25) is 10.1 Å². The van der Waals surface area contributed by atoms with Crippen molar-refractivity contribution < 1.29 is 19.0 Å². The monoisotopic (exact) mass is 467 g/mol. The van der Waals surface area contributed by atoms with E-state index in [-0.39, 0.29) is 5.91 Å². The zero-order valence-electron chi connectivity index (χ0n) is 17.7. The van der Waals surface area contributed by atoms with E-state index in [2.05, 4.69) is 15.3 Å². The molecule has 4 aromatic rings. The quantitative estimate of drug-likeness (QED) is 0.372. The van der Waals surface area contributed by atoms with Gasteiger partial charge in [-0.1, -0.05) is 0 Å². The van der Waals surface area contributed by atoms with Crippen molar-refractivity contribution in [1.29, 1.82) is 0 Å². The lowest BCUT2D eigenvalue weighted by Crippen LogP contribution is -2.11. The van der Waals surface area contributed by atoms with Crippen molar-refractivity contribution in [2.45, 2.75) is 13.5 Å². The summed E-state index contributed by atoms with van der Waals surface area (Å²) in [7, 11) is 3.18. The van der Waals surface area contributed by atoms with Gasteiger partial charge in [-0.15, -0.1) is 22.7 Å². The third-order valence-electron chi connectivity index (χ3n) is 4.57. The zero-order chi connectivity index (χ0) is 22.5. The number of aromatic nitrogens is 2. The highest BCUT2D eigenvalue weighted by Gasteiger charge is 2.12. The van der Waals surface area contributed by atoms with Gasteiger partial charge >= 0.3 is 0 Å². The van der Waals surface area contributed by atoms with E-state index in [4.69, 9.17) is 14.2 Å². The molecule has 0 saturated heterocycles. The third kappa shape index (κ3) is 5.06. The number of hydrogen-bond acceptors (Lipinski definition) is 8. The standard InChI is InChI=1S/C23H21N3O4S2/c1-14-24-17(12-31-14)11-30-18-7-4-15(5-8-18)22(27)26-23-25-19(13-32-23)16-6-9-20(28-2)21(10-16)29-3/h4-10,12-13H,11H2,1-3H3,(H,25,26,27). The minimum Gasteiger partial charge on any atom is -0.493 e. The molecular formula is C23H21N3O4S2. The molecule has 0 aliphatic rings. The van der Waals surface area contributed by atoms with Gasteiger partial charge in [-0.25, -0.2) is 9.97 Å². The van der Waals surface area contributed by atoms with E-state index in [1.807, 2.05) is 35.9 Å². The van der Waals surface area contributed by atoms with Crippen molar-refractivity contribution in [1.82, 2.24) is 9.97 Å². The molecule has 9 heteroatoms. The molecule has 2 aromatic carbocycles. The fourth-order valence-corrected chi connectivity index (χ4v) is 4.27. The van der Waals surface area contributed by atoms with Crippen LogP contribution in [0.5, 0.6) is 17.2 Å². The summed E-state index contributed by atoms with van der Waals surface area (Å²) in [6.45, 7) is 2.36. The molecule has 2 heterocycles. The third-order valence-corrected chi connectivity index (χ3v) is 6.15. The van der Waals surface area contributed by atoms with Crippen molar-refractivity contribution in [2.75, 3.05) is 19.5 Å². The highest BCUT2D eigenvalue weighted by atomic mass is 32.1. The van der Waals surface area contributed by atoms with Gasteiger partial charge in [0.2, 0.25) is 0 Å². The number of hydrogen-bond donors (Lipinski definition) is 1. The Balaban J connectivity index is 1.38. The van der Waals surface area contributed by atoms with Crippen LogP contribution in [0.4, 0.5) is 5.13 Å². The molecule has 0 spiro atoms. The topological polar surface area (TPSA) is 82.6 Å². The molecule has 2 aromatic heterocycles. The van der Waals surface area contributed by atoms with E-state index in [9.17, 15) is 4.79 Å². The number of rotatable bonds is 8. The number of anilines is 1. The molecule has 0 bridgehead atoms. The average Bonchev–Trinajstić information content (AvgIpc) is 3.46. The second-order valence-electron chi connectivity index (χ2n) is 6.73. The number of aryl methyl sites for hydroxylation is 1. The summed E-state index contributed by atoms with van der Waals surface area (Å²) in [5.41, 5.74) is 3.02. The molecule has 1 N–H and O–H groups in total. The molecule has 0 unspecified atom stereocenters. The van der Waals surface area contributed by atoms with Crippen molar-refractivity contribution in [3.63, 3.8) is 0 Å². The Labute approximate surface area is 193 Å². The number of amides is 1. The normalized spacial score (nSPS) is 10.6. The van der Waals surface area contributed by atoms with E-state index in [1.165, 1.54) is 11.3 Å². The van der Waals surface area contributed by atoms with Gasteiger partial charge in [-0.2, -0.15) is 0 Å². The molecular weight excluding hydrogens is 446 g/mol. The van der Waals surface area contributed by atoms with E-state index < -0.39 is 0 Å². The Bertz CT molecular complexity index is 1220. The number of thiazole rings is 2. The van der Waals surface area contributed by atoms with E-state index >= 15 is 0 Å². The fourth-order valence-electron chi connectivity index (χ4n) is 2.96. The maximum atomic E-state index is 12.6. The van der Waals surface area contributed by atoms with Crippen LogP contribution >= 0.6 is 22.7 Å². The van der Waals surface area contributed by atoms with Crippen LogP contribution in [-0.2, 0) is 6.61 Å². The van der Waals surface area contributed by atoms with Gasteiger partial charge in [0.25, 0.3) is 5.91 Å². The summed E-state index contributed by atoms with van der Waals surface area (Å²) in [4.78, 5) is 21.5. The van der Waals surface area contributed by atoms with E-state index in [0.29, 0.717) is 34.6 Å². The van der Waals surface area contributed by atoms with Gasteiger partial charge in [0.05, 0.1) is 30.6 Å². The van der Waals surface area contributed by atoms with Crippen molar-refractivity contribution in [3.05, 3.63) is 69.5 Å². The molecule has 4 rings (SSSR count). The Hall–Kier alpha value is -3.43. The second-order valence-corrected chi connectivity index (χ2v) is 8.65. The summed E-state index contributed by atoms with van der Waals surface area (Å²) in [6.07, 6.45) is 0. The van der Waals surface area contributed by atoms with Crippen molar-refractivity contribution in [3.8, 4) is 28.5 Å². The minimum atomic E-state index is -0.236. The smallest absolute Gasteiger partial charge is 0.257 e. The lowest BCUT2D eigenvalue weighted by Gasteiger charge is -2.08. The van der Waals surface area contributed by atoms with Gasteiger partial charge in [-0.05, 0) is 49.4 Å². The van der Waals surface area contributed by atoms with Gasteiger partial charge in [0.1, 0.15) is 12.4 Å². The predicted molar refractivity (Wildman–Crippen MR) is 126 cm³/mol. The Kier molecular flexibility index (Phi) is 6.67. The van der Waals surface area contributed by atoms with Crippen LogP contribution in [0, 0.1) is 6.92 Å². The molecule has 7 nitrogen and oxygen atoms in total. The summed E-state index contributed by atoms with van der Waals surface area (Å²) >= 11 is 2.95. The predicted octanol–water partition coefficient (Wildman–Crippen LogP) is 5.42. The SMILES string of the molecule is COc1ccc(-c2csc(NC(=O)c3ccc(OCc4csc(C)n4)cc3)n2)cc1OC. The number of ether oxygens (including phenoxy) is 3. The number of carbonyl (C=O) groups is 1. The highest BCUT2D eigenvalue weighted by Crippen LogP contribution is 2.33. The van der Waals surface area contributed by atoms with Gasteiger partial charge in [0, 0.05) is 21.9 Å². The van der Waals surface area contributed by atoms with E-state index in [1.54, 1.807) is 49.8 Å². The molecule has 0 aliphatic carbocycles. The minimum absolute atomic E-state index is 0.236. The molecule has 32 heavy (non-hydrogen) atoms. The Morgan fingerprint density at radius 2 is 1.75 bits per heavy atom. The first kappa shape index (κ1) is 21.8. The maximum absolute atomic E-state index is 12.6. The van der Waals surface area contributed by atoms with Crippen LogP contribution in [0.3, 0.4) is 0 Å². The first-order chi connectivity index (χ1) is 15.6. The molecule has 1 amide bonds. The molecule has 0 atom stereocenters. The highest BCUT2D eigenvalue weighted by molar-refractivity contribution is 7.14. The number of nitrogens with one attached hydrogen (secondary N) is 1. The van der Waals surface area contributed by atoms with Crippen molar-refractivity contribution >= 4 is 33.7 Å².